The summed E-state index contributed by atoms with van der Waals surface area (Å²) in [6.07, 6.45) is 0. The molecule has 1 atom stereocenters. The van der Waals surface area contributed by atoms with Gasteiger partial charge in [0.1, 0.15) is 11.9 Å². The second kappa shape index (κ2) is 6.05. The summed E-state index contributed by atoms with van der Waals surface area (Å²) < 4.78 is 14.4. The van der Waals surface area contributed by atoms with E-state index in [9.17, 15) is 9.65 Å². The molecule has 0 saturated heterocycles. The lowest BCUT2D eigenvalue weighted by Crippen LogP contribution is -2.10. The zero-order valence-corrected chi connectivity index (χ0v) is 12.0. The molecule has 5 heteroatoms. The smallest absolute Gasteiger partial charge is 0.143 e. The van der Waals surface area contributed by atoms with Crippen molar-refractivity contribution in [2.45, 2.75) is 6.04 Å². The Balaban J connectivity index is 2.25. The molecular weight excluding hydrogens is 331 g/mol. The van der Waals surface area contributed by atoms with Crippen LogP contribution in [-0.2, 0) is 0 Å². The molecule has 0 bridgehead atoms. The van der Waals surface area contributed by atoms with Crippen molar-refractivity contribution < 1.29 is 4.39 Å². The quantitative estimate of drug-likeness (QED) is 0.861. The number of benzene rings is 2. The van der Waals surface area contributed by atoms with Crippen molar-refractivity contribution in [3.8, 4) is 6.07 Å². The van der Waals surface area contributed by atoms with E-state index >= 15 is 0 Å². The van der Waals surface area contributed by atoms with Crippen molar-refractivity contribution in [1.29, 1.82) is 5.26 Å². The highest BCUT2D eigenvalue weighted by molar-refractivity contribution is 9.10. The Labute approximate surface area is 123 Å². The molecule has 0 aromatic heterocycles. The fourth-order valence-electron chi connectivity index (χ4n) is 1.63. The van der Waals surface area contributed by atoms with Crippen LogP contribution in [0.15, 0.2) is 46.9 Å². The molecule has 2 aromatic rings. The van der Waals surface area contributed by atoms with Crippen molar-refractivity contribution in [2.24, 2.45) is 0 Å². The third-order valence-electron chi connectivity index (χ3n) is 2.56. The van der Waals surface area contributed by atoms with Gasteiger partial charge in [-0.15, -0.1) is 0 Å². The average molecular weight is 340 g/mol. The molecule has 0 saturated carbocycles. The number of anilines is 1. The van der Waals surface area contributed by atoms with Crippen LogP contribution in [0.3, 0.4) is 0 Å². The molecule has 0 amide bonds. The Kier molecular flexibility index (Phi) is 4.41. The number of nitrogens with one attached hydrogen (secondary N) is 1. The van der Waals surface area contributed by atoms with Crippen LogP contribution in [0.25, 0.3) is 0 Å². The molecule has 0 aliphatic heterocycles. The first-order valence-electron chi connectivity index (χ1n) is 5.47. The molecule has 0 spiro atoms. The zero-order chi connectivity index (χ0) is 13.8. The van der Waals surface area contributed by atoms with E-state index in [1.165, 1.54) is 6.07 Å². The third-order valence-corrected chi connectivity index (χ3v) is 3.30. The Bertz CT molecular complexity index is 622. The minimum absolute atomic E-state index is 0.306. The van der Waals surface area contributed by atoms with Gasteiger partial charge in [-0.05, 0) is 36.4 Å². The van der Waals surface area contributed by atoms with Crippen LogP contribution in [0.2, 0.25) is 5.02 Å². The van der Waals surface area contributed by atoms with E-state index in [0.29, 0.717) is 20.7 Å². The van der Waals surface area contributed by atoms with Gasteiger partial charge in [-0.25, -0.2) is 4.39 Å². The summed E-state index contributed by atoms with van der Waals surface area (Å²) in [6.45, 7) is 0. The van der Waals surface area contributed by atoms with Gasteiger partial charge in [-0.1, -0.05) is 33.6 Å². The van der Waals surface area contributed by atoms with E-state index in [2.05, 4.69) is 21.2 Å². The SMILES string of the molecule is N#CC(Nc1ccc(Cl)cc1)c1ccc(Br)cc1F. The maximum absolute atomic E-state index is 13.8. The molecule has 0 radical (unpaired) electrons. The van der Waals surface area contributed by atoms with Gasteiger partial charge in [-0.3, -0.25) is 0 Å². The standard InChI is InChI=1S/C14H9BrClFN2/c15-9-1-6-12(13(17)7-9)14(8-18)19-11-4-2-10(16)3-5-11/h1-7,14,19H. The number of nitriles is 1. The molecule has 0 heterocycles. The molecule has 19 heavy (non-hydrogen) atoms. The first-order chi connectivity index (χ1) is 9.10. The molecule has 0 aliphatic carbocycles. The largest absolute Gasteiger partial charge is 0.366 e. The van der Waals surface area contributed by atoms with Crippen molar-refractivity contribution in [3.05, 3.63) is 63.3 Å². The molecular formula is C14H9BrClFN2. The fourth-order valence-corrected chi connectivity index (χ4v) is 2.09. The minimum atomic E-state index is -0.755. The molecule has 96 valence electrons. The third kappa shape index (κ3) is 3.46. The van der Waals surface area contributed by atoms with Gasteiger partial charge >= 0.3 is 0 Å². The topological polar surface area (TPSA) is 35.8 Å². The molecule has 2 aromatic carbocycles. The maximum Gasteiger partial charge on any atom is 0.143 e. The maximum atomic E-state index is 13.8. The lowest BCUT2D eigenvalue weighted by molar-refractivity contribution is 0.606. The lowest BCUT2D eigenvalue weighted by atomic mass is 10.1. The van der Waals surface area contributed by atoms with Crippen LogP contribution >= 0.6 is 27.5 Å². The van der Waals surface area contributed by atoms with E-state index in [4.69, 9.17) is 11.6 Å². The Morgan fingerprint density at radius 2 is 1.89 bits per heavy atom. The van der Waals surface area contributed by atoms with Crippen LogP contribution in [0.1, 0.15) is 11.6 Å². The summed E-state index contributed by atoms with van der Waals surface area (Å²) in [5.74, 6) is -0.428. The second-order valence-corrected chi connectivity index (χ2v) is 5.23. The van der Waals surface area contributed by atoms with E-state index in [1.807, 2.05) is 6.07 Å². The number of halogens is 3. The van der Waals surface area contributed by atoms with E-state index in [0.717, 1.165) is 0 Å². The van der Waals surface area contributed by atoms with Gasteiger partial charge in [0.15, 0.2) is 0 Å². The van der Waals surface area contributed by atoms with Gasteiger partial charge in [0.05, 0.1) is 6.07 Å². The molecule has 2 nitrogen and oxygen atoms in total. The van der Waals surface area contributed by atoms with Crippen molar-refractivity contribution in [1.82, 2.24) is 0 Å². The molecule has 2 rings (SSSR count). The van der Waals surface area contributed by atoms with E-state index in [-0.39, 0.29) is 0 Å². The molecule has 0 fully saturated rings. The van der Waals surface area contributed by atoms with E-state index in [1.54, 1.807) is 36.4 Å². The first-order valence-corrected chi connectivity index (χ1v) is 6.64. The van der Waals surface area contributed by atoms with Crippen molar-refractivity contribution in [2.75, 3.05) is 5.32 Å². The predicted octanol–water partition coefficient (Wildman–Crippen LogP) is 4.92. The Morgan fingerprint density at radius 3 is 2.47 bits per heavy atom. The fraction of sp³-hybridized carbons (Fsp3) is 0.0714. The van der Waals surface area contributed by atoms with Crippen LogP contribution in [0, 0.1) is 17.1 Å². The monoisotopic (exact) mass is 338 g/mol. The van der Waals surface area contributed by atoms with Gasteiger partial charge in [-0.2, -0.15) is 5.26 Å². The van der Waals surface area contributed by atoms with Gasteiger partial charge in [0.25, 0.3) is 0 Å². The van der Waals surface area contributed by atoms with Crippen LogP contribution < -0.4 is 5.32 Å². The summed E-state index contributed by atoms with van der Waals surface area (Å²) >= 11 is 8.97. The second-order valence-electron chi connectivity index (χ2n) is 3.88. The van der Waals surface area contributed by atoms with E-state index < -0.39 is 11.9 Å². The zero-order valence-electron chi connectivity index (χ0n) is 9.70. The number of hydrogen-bond donors (Lipinski definition) is 1. The highest BCUT2D eigenvalue weighted by Crippen LogP contribution is 2.24. The lowest BCUT2D eigenvalue weighted by Gasteiger charge is -2.14. The minimum Gasteiger partial charge on any atom is -0.366 e. The summed E-state index contributed by atoms with van der Waals surface area (Å²) in [7, 11) is 0. The normalized spacial score (nSPS) is 11.7. The Hall–Kier alpha value is -1.57. The Morgan fingerprint density at radius 1 is 1.21 bits per heavy atom. The van der Waals surface area contributed by atoms with Gasteiger partial charge < -0.3 is 5.32 Å². The van der Waals surface area contributed by atoms with Crippen LogP contribution in [0.5, 0.6) is 0 Å². The highest BCUT2D eigenvalue weighted by Gasteiger charge is 2.15. The summed E-state index contributed by atoms with van der Waals surface area (Å²) in [5.41, 5.74) is 1.01. The van der Waals surface area contributed by atoms with Crippen molar-refractivity contribution >= 4 is 33.2 Å². The molecule has 0 aliphatic rings. The number of hydrogen-bond acceptors (Lipinski definition) is 2. The summed E-state index contributed by atoms with van der Waals surface area (Å²) in [5, 5.41) is 12.7. The molecule has 1 unspecified atom stereocenters. The number of rotatable bonds is 3. The highest BCUT2D eigenvalue weighted by atomic mass is 79.9. The number of nitrogens with zero attached hydrogens (tertiary/aromatic N) is 1. The van der Waals surface area contributed by atoms with Crippen molar-refractivity contribution in [3.63, 3.8) is 0 Å². The summed E-state index contributed by atoms with van der Waals surface area (Å²) in [6, 6.07) is 12.8. The summed E-state index contributed by atoms with van der Waals surface area (Å²) in [4.78, 5) is 0. The predicted molar refractivity (Wildman–Crippen MR) is 77.5 cm³/mol. The van der Waals surface area contributed by atoms with Crippen LogP contribution in [-0.4, -0.2) is 0 Å². The van der Waals surface area contributed by atoms with Gasteiger partial charge in [0.2, 0.25) is 0 Å². The van der Waals surface area contributed by atoms with Crippen LogP contribution in [0.4, 0.5) is 10.1 Å². The molecule has 1 N–H and O–H groups in total. The first kappa shape index (κ1) is 13.9. The van der Waals surface area contributed by atoms with Gasteiger partial charge in [0, 0.05) is 20.7 Å². The average Bonchev–Trinajstić information content (AvgIpc) is 2.39.